The van der Waals surface area contributed by atoms with Gasteiger partial charge in [-0.15, -0.1) is 0 Å². The second-order valence-corrected chi connectivity index (χ2v) is 19.3. The van der Waals surface area contributed by atoms with Gasteiger partial charge in [0.25, 0.3) is 0 Å². The largest absolute Gasteiger partial charge is 1.00 e. The topological polar surface area (TPSA) is 230 Å². The van der Waals surface area contributed by atoms with Crippen molar-refractivity contribution in [2.45, 2.75) is 230 Å². The number of aliphatic hydroxyl groups excluding tert-OH is 2. The van der Waals surface area contributed by atoms with E-state index in [9.17, 15) is 40.9 Å². The molecular weight excluding hydrogens is 913 g/mol. The van der Waals surface area contributed by atoms with Crippen LogP contribution in [0.15, 0.2) is 42.5 Å². The van der Waals surface area contributed by atoms with E-state index in [-0.39, 0.29) is 78.0 Å². The summed E-state index contributed by atoms with van der Waals surface area (Å²) >= 11 is 0. The van der Waals surface area contributed by atoms with E-state index in [1.165, 1.54) is 109 Å². The van der Waals surface area contributed by atoms with Crippen LogP contribution in [0, 0.1) is 0 Å². The molecule has 1 aromatic carbocycles. The molecule has 1 aliphatic heterocycles. The standard InChI is InChI=1S/C47H83NO14S2.2Na/c1-3-5-7-9-11-13-15-17-19-21-23-25-30-34-41(58-36-39-32-28-27-29-33-39)40(48-43(49)35-31-26-24-22-20-18-16-14-12-10-8-6-4-2)37-59-47-46(62-64(55,56)57)45(51)44(50)42(61-47)38-60-63(52,53)54;;/h27-30,32-34,40-42,44-47,50-51H,3-26,31,35-38H2,1-2H3,(H,48,49)(H,52,53,54)(H,55,56,57);;/q;2*+1/p-2/b34-30+;;/t40-,41+,42-,44+,45-,46-,47+;;/m0../s1. The summed E-state index contributed by atoms with van der Waals surface area (Å²) in [5.74, 6) is -0.286. The Kier molecular flexibility index (Phi) is 40.5. The van der Waals surface area contributed by atoms with Crippen LogP contribution in [-0.4, -0.2) is 98.1 Å². The van der Waals surface area contributed by atoms with Crippen LogP contribution in [0.25, 0.3) is 0 Å². The number of benzene rings is 1. The first-order chi connectivity index (χ1) is 30.7. The summed E-state index contributed by atoms with van der Waals surface area (Å²) in [6.45, 7) is 3.11. The zero-order valence-electron chi connectivity index (χ0n) is 40.7. The quantitative estimate of drug-likeness (QED) is 0.0283. The summed E-state index contributed by atoms with van der Waals surface area (Å²) < 4.78 is 95.3. The third-order valence-electron chi connectivity index (χ3n) is 11.5. The van der Waals surface area contributed by atoms with Crippen molar-refractivity contribution in [3.05, 3.63) is 48.0 Å². The second kappa shape index (κ2) is 40.6. The van der Waals surface area contributed by atoms with E-state index in [0.29, 0.717) is 6.42 Å². The van der Waals surface area contributed by atoms with E-state index in [4.69, 9.17) is 14.2 Å². The molecule has 15 nitrogen and oxygen atoms in total. The van der Waals surface area contributed by atoms with Crippen LogP contribution in [0.3, 0.4) is 0 Å². The third-order valence-corrected chi connectivity index (χ3v) is 12.4. The minimum absolute atomic E-state index is 0. The molecule has 0 aliphatic carbocycles. The Morgan fingerprint density at radius 3 is 1.68 bits per heavy atom. The maximum Gasteiger partial charge on any atom is 1.00 e. The fourth-order valence-corrected chi connectivity index (χ4v) is 8.57. The molecule has 0 saturated carbocycles. The van der Waals surface area contributed by atoms with E-state index in [1.807, 2.05) is 42.5 Å². The Hall–Kier alpha value is -0.0300. The molecule has 1 saturated heterocycles. The van der Waals surface area contributed by atoms with Crippen molar-refractivity contribution in [1.82, 2.24) is 5.32 Å². The van der Waals surface area contributed by atoms with Crippen LogP contribution in [0.4, 0.5) is 0 Å². The first kappa shape index (κ1) is 66.0. The van der Waals surface area contributed by atoms with Gasteiger partial charge >= 0.3 is 59.1 Å². The number of unbranched alkanes of at least 4 members (excludes halogenated alkanes) is 23. The Morgan fingerprint density at radius 2 is 1.20 bits per heavy atom. The maximum absolute atomic E-state index is 13.6. The van der Waals surface area contributed by atoms with Crippen LogP contribution in [-0.2, 0) is 54.8 Å². The van der Waals surface area contributed by atoms with Crippen LogP contribution < -0.4 is 64.4 Å². The van der Waals surface area contributed by atoms with Gasteiger partial charge in [-0.05, 0) is 24.8 Å². The average molecular weight is 994 g/mol. The normalized spacial score (nSPS) is 19.8. The van der Waals surface area contributed by atoms with Gasteiger partial charge in [-0.2, -0.15) is 0 Å². The fraction of sp³-hybridized carbons (Fsp3) is 0.809. The molecule has 19 heteroatoms. The number of hydrogen-bond donors (Lipinski definition) is 3. The maximum atomic E-state index is 13.6. The number of hydrogen-bond acceptors (Lipinski definition) is 14. The Bertz CT molecular complexity index is 1580. The van der Waals surface area contributed by atoms with Gasteiger partial charge in [0.05, 0.1) is 32.0 Å². The van der Waals surface area contributed by atoms with E-state index >= 15 is 0 Å². The average Bonchev–Trinajstić information content (AvgIpc) is 3.25. The van der Waals surface area contributed by atoms with Crippen LogP contribution in [0.5, 0.6) is 0 Å². The first-order valence-corrected chi connectivity index (χ1v) is 26.9. The molecular formula is C47H81NNa2O14S2. The number of nitrogens with one attached hydrogen (secondary N) is 1. The number of rotatable bonds is 40. The van der Waals surface area contributed by atoms with Crippen molar-refractivity contribution in [2.24, 2.45) is 0 Å². The van der Waals surface area contributed by atoms with E-state index in [0.717, 1.165) is 50.5 Å². The van der Waals surface area contributed by atoms with Gasteiger partial charge in [0.2, 0.25) is 26.7 Å². The van der Waals surface area contributed by atoms with Gasteiger partial charge in [0.15, 0.2) is 12.4 Å². The van der Waals surface area contributed by atoms with Crippen molar-refractivity contribution < 1.29 is 123 Å². The number of carbonyl (C=O) groups is 1. The number of amides is 1. The SMILES string of the molecule is CCCCCCCCCCCCC/C=C/[C@@H](OCc1ccccc1)[C@H](CO[C@@H]1O[C@@H](COS(=O)(=O)[O-])[C@@H](O)[C@H](O)[C@@H]1OS(=O)(=O)[O-])NC(=O)CCCCCCCCCCCCCCC.[Na+].[Na+]. The Balaban J connectivity index is 0.0000211. The minimum atomic E-state index is -5.50. The zero-order chi connectivity index (χ0) is 46.9. The van der Waals surface area contributed by atoms with Crippen molar-refractivity contribution >= 4 is 26.7 Å². The predicted molar refractivity (Wildman–Crippen MR) is 244 cm³/mol. The van der Waals surface area contributed by atoms with Gasteiger partial charge in [-0.3, -0.25) is 13.2 Å². The molecule has 1 amide bonds. The first-order valence-electron chi connectivity index (χ1n) is 24.2. The Labute approximate surface area is 442 Å². The van der Waals surface area contributed by atoms with Gasteiger partial charge in [-0.1, -0.05) is 198 Å². The predicted octanol–water partition coefficient (Wildman–Crippen LogP) is 2.59. The molecule has 1 aromatic rings. The summed E-state index contributed by atoms with van der Waals surface area (Å²) in [5.41, 5.74) is 0.863. The van der Waals surface area contributed by atoms with Gasteiger partial charge in [-0.25, -0.2) is 16.8 Å². The molecule has 372 valence electrons. The molecule has 3 N–H and O–H groups in total. The number of carbonyl (C=O) groups excluding carboxylic acids is 1. The number of aliphatic hydroxyl groups is 2. The van der Waals surface area contributed by atoms with Crippen molar-refractivity contribution in [2.75, 3.05) is 13.2 Å². The smallest absolute Gasteiger partial charge is 0.726 e. The van der Waals surface area contributed by atoms with Gasteiger partial charge < -0.3 is 38.8 Å². The summed E-state index contributed by atoms with van der Waals surface area (Å²) in [4.78, 5) is 13.6. The molecule has 0 aromatic heterocycles. The molecule has 0 unspecified atom stereocenters. The minimum Gasteiger partial charge on any atom is -0.726 e. The van der Waals surface area contributed by atoms with Gasteiger partial charge in [0, 0.05) is 6.42 Å². The van der Waals surface area contributed by atoms with Crippen LogP contribution in [0.1, 0.15) is 186 Å². The van der Waals surface area contributed by atoms with Crippen molar-refractivity contribution in [3.63, 3.8) is 0 Å². The van der Waals surface area contributed by atoms with Crippen LogP contribution in [0.2, 0.25) is 0 Å². The van der Waals surface area contributed by atoms with Crippen molar-refractivity contribution in [1.29, 1.82) is 0 Å². The van der Waals surface area contributed by atoms with Crippen molar-refractivity contribution in [3.8, 4) is 0 Å². The molecule has 2 rings (SSSR count). The molecule has 7 atom stereocenters. The van der Waals surface area contributed by atoms with E-state index in [2.05, 4.69) is 27.5 Å². The number of allylic oxidation sites excluding steroid dienone is 1. The third kappa shape index (κ3) is 33.5. The molecule has 1 heterocycles. The number of ether oxygens (including phenoxy) is 3. The fourth-order valence-electron chi connectivity index (χ4n) is 7.79. The molecule has 0 radical (unpaired) electrons. The summed E-state index contributed by atoms with van der Waals surface area (Å²) in [5, 5.41) is 24.4. The molecule has 1 fully saturated rings. The van der Waals surface area contributed by atoms with E-state index < -0.39 is 76.9 Å². The molecule has 1 aliphatic rings. The summed E-state index contributed by atoms with van der Waals surface area (Å²) in [6.07, 6.45) is 22.4. The van der Waals surface area contributed by atoms with Gasteiger partial charge in [0.1, 0.15) is 18.3 Å². The zero-order valence-corrected chi connectivity index (χ0v) is 46.3. The molecule has 0 bridgehead atoms. The second-order valence-electron chi connectivity index (χ2n) is 17.2. The van der Waals surface area contributed by atoms with Crippen LogP contribution >= 0.6 is 0 Å². The molecule has 0 spiro atoms. The monoisotopic (exact) mass is 993 g/mol. The summed E-state index contributed by atoms with van der Waals surface area (Å²) in [7, 11) is -10.8. The Morgan fingerprint density at radius 1 is 0.712 bits per heavy atom. The van der Waals surface area contributed by atoms with E-state index in [1.54, 1.807) is 0 Å². The molecule has 66 heavy (non-hydrogen) atoms. The summed E-state index contributed by atoms with van der Waals surface area (Å²) in [6, 6.07) is 8.47.